The Bertz CT molecular complexity index is 664. The summed E-state index contributed by atoms with van der Waals surface area (Å²) in [4.78, 5) is 0. The maximum atomic E-state index is 6.44. The van der Waals surface area contributed by atoms with E-state index in [1.165, 1.54) is 0 Å². The molecule has 0 aromatic carbocycles. The summed E-state index contributed by atoms with van der Waals surface area (Å²) in [6, 6.07) is 0. The van der Waals surface area contributed by atoms with Crippen LogP contribution in [-0.4, -0.2) is 5.60 Å². The molecular formula is C26H38O. The van der Waals surface area contributed by atoms with E-state index in [4.69, 9.17) is 4.74 Å². The molecule has 0 bridgehead atoms. The SMILES string of the molecule is C=C/C=C(\C=C/C(=C)C(C)(C)CC)OC(C)(CC)C(/C=C\C(=C)C)=C/C=C. The Labute approximate surface area is 167 Å². The minimum Gasteiger partial charge on any atom is -0.483 e. The largest absolute Gasteiger partial charge is 0.483 e. The quantitative estimate of drug-likeness (QED) is 0.251. The normalized spacial score (nSPS) is 15.6. The predicted molar refractivity (Wildman–Crippen MR) is 123 cm³/mol. The highest BCUT2D eigenvalue weighted by Crippen LogP contribution is 2.32. The van der Waals surface area contributed by atoms with Crippen LogP contribution in [0.3, 0.4) is 0 Å². The fourth-order valence-electron chi connectivity index (χ4n) is 2.24. The first kappa shape index (κ1) is 24.7. The second-order valence-electron chi connectivity index (χ2n) is 7.62. The molecule has 27 heavy (non-hydrogen) atoms. The second kappa shape index (κ2) is 11.4. The Morgan fingerprint density at radius 3 is 1.89 bits per heavy atom. The molecule has 0 aliphatic rings. The first-order chi connectivity index (χ1) is 12.6. The van der Waals surface area contributed by atoms with Crippen LogP contribution < -0.4 is 0 Å². The zero-order valence-electron chi connectivity index (χ0n) is 18.3. The van der Waals surface area contributed by atoms with E-state index in [9.17, 15) is 0 Å². The van der Waals surface area contributed by atoms with Gasteiger partial charge in [0.2, 0.25) is 0 Å². The van der Waals surface area contributed by atoms with Gasteiger partial charge in [-0.1, -0.05) is 96.0 Å². The Kier molecular flexibility index (Phi) is 10.5. The molecule has 0 saturated carbocycles. The highest BCUT2D eigenvalue weighted by atomic mass is 16.5. The van der Waals surface area contributed by atoms with Gasteiger partial charge in [0.25, 0.3) is 0 Å². The zero-order valence-corrected chi connectivity index (χ0v) is 18.3. The second-order valence-corrected chi connectivity index (χ2v) is 7.62. The summed E-state index contributed by atoms with van der Waals surface area (Å²) in [5.41, 5.74) is 2.66. The van der Waals surface area contributed by atoms with Gasteiger partial charge in [-0.05, 0) is 55.4 Å². The topological polar surface area (TPSA) is 9.23 Å². The van der Waals surface area contributed by atoms with Crippen molar-refractivity contribution in [3.8, 4) is 0 Å². The monoisotopic (exact) mass is 366 g/mol. The number of rotatable bonds is 12. The number of allylic oxidation sites excluding steroid dienone is 9. The molecule has 0 aromatic rings. The molecule has 0 spiro atoms. The molecule has 1 unspecified atom stereocenters. The van der Waals surface area contributed by atoms with Crippen molar-refractivity contribution in [1.29, 1.82) is 0 Å². The lowest BCUT2D eigenvalue weighted by atomic mass is 9.82. The fraction of sp³-hybridized carbons (Fsp3) is 0.385. The maximum Gasteiger partial charge on any atom is 0.131 e. The molecule has 1 nitrogen and oxygen atoms in total. The van der Waals surface area contributed by atoms with E-state index in [2.05, 4.69) is 60.9 Å². The first-order valence-corrected chi connectivity index (χ1v) is 9.62. The van der Waals surface area contributed by atoms with Crippen LogP contribution in [0.15, 0.2) is 97.4 Å². The van der Waals surface area contributed by atoms with Gasteiger partial charge in [0.1, 0.15) is 11.4 Å². The number of ether oxygens (including phenoxy) is 1. The van der Waals surface area contributed by atoms with Crippen LogP contribution in [0.4, 0.5) is 0 Å². The number of hydrogen-bond acceptors (Lipinski definition) is 1. The van der Waals surface area contributed by atoms with E-state index >= 15 is 0 Å². The summed E-state index contributed by atoms with van der Waals surface area (Å²) < 4.78 is 6.44. The highest BCUT2D eigenvalue weighted by Gasteiger charge is 2.28. The van der Waals surface area contributed by atoms with E-state index in [1.807, 2.05) is 43.4 Å². The summed E-state index contributed by atoms with van der Waals surface area (Å²) in [5, 5.41) is 0. The van der Waals surface area contributed by atoms with Crippen LogP contribution in [-0.2, 0) is 4.74 Å². The summed E-state index contributed by atoms with van der Waals surface area (Å²) in [7, 11) is 0. The van der Waals surface area contributed by atoms with Crippen LogP contribution in [0.2, 0.25) is 0 Å². The Hall–Kier alpha value is -2.28. The maximum absolute atomic E-state index is 6.44. The van der Waals surface area contributed by atoms with E-state index in [1.54, 1.807) is 12.2 Å². The minimum atomic E-state index is -0.499. The summed E-state index contributed by atoms with van der Waals surface area (Å²) in [6.45, 7) is 28.5. The van der Waals surface area contributed by atoms with Crippen molar-refractivity contribution < 1.29 is 4.74 Å². The van der Waals surface area contributed by atoms with Crippen LogP contribution in [0.5, 0.6) is 0 Å². The van der Waals surface area contributed by atoms with Crippen molar-refractivity contribution in [2.45, 2.75) is 60.0 Å². The third-order valence-corrected chi connectivity index (χ3v) is 4.96. The summed E-state index contributed by atoms with van der Waals surface area (Å²) >= 11 is 0. The molecular weight excluding hydrogens is 328 g/mol. The third kappa shape index (κ3) is 8.30. The van der Waals surface area contributed by atoms with Gasteiger partial charge in [-0.25, -0.2) is 0 Å². The molecule has 0 saturated heterocycles. The van der Waals surface area contributed by atoms with Crippen molar-refractivity contribution >= 4 is 0 Å². The van der Waals surface area contributed by atoms with E-state index in [0.29, 0.717) is 0 Å². The van der Waals surface area contributed by atoms with Gasteiger partial charge in [-0.2, -0.15) is 0 Å². The average Bonchev–Trinajstić information content (AvgIpc) is 2.62. The summed E-state index contributed by atoms with van der Waals surface area (Å²) in [5.74, 6) is 0.751. The standard InChI is InChI=1S/C26H38O/c1-11-15-23(19-17-21(5)6)26(10,14-4)27-24(16-12-2)20-18-22(7)25(8,9)13-3/h11-12,15-20H,1-2,5,7,13-14H2,3-4,6,8-10H3/b19-17-,20-18-,23-15+,24-16+. The smallest absolute Gasteiger partial charge is 0.131 e. The van der Waals surface area contributed by atoms with Gasteiger partial charge in [0.15, 0.2) is 0 Å². The van der Waals surface area contributed by atoms with Crippen LogP contribution in [0.1, 0.15) is 54.4 Å². The average molecular weight is 367 g/mol. The van der Waals surface area contributed by atoms with Crippen molar-refractivity contribution in [2.75, 3.05) is 0 Å². The van der Waals surface area contributed by atoms with E-state index < -0.39 is 5.60 Å². The van der Waals surface area contributed by atoms with E-state index in [0.717, 1.165) is 35.3 Å². The minimum absolute atomic E-state index is 0.0575. The lowest BCUT2D eigenvalue weighted by molar-refractivity contribution is 0.0580. The van der Waals surface area contributed by atoms with Crippen molar-refractivity contribution in [1.82, 2.24) is 0 Å². The van der Waals surface area contributed by atoms with Gasteiger partial charge in [0, 0.05) is 0 Å². The summed E-state index contributed by atoms with van der Waals surface area (Å²) in [6.07, 6.45) is 17.3. The van der Waals surface area contributed by atoms with Crippen LogP contribution in [0, 0.1) is 5.41 Å². The molecule has 1 atom stereocenters. The zero-order chi connectivity index (χ0) is 21.1. The van der Waals surface area contributed by atoms with Gasteiger partial charge < -0.3 is 4.74 Å². The lowest BCUT2D eigenvalue weighted by Gasteiger charge is -2.32. The van der Waals surface area contributed by atoms with Gasteiger partial charge in [0.05, 0.1) is 0 Å². The van der Waals surface area contributed by atoms with Gasteiger partial charge >= 0.3 is 0 Å². The van der Waals surface area contributed by atoms with Crippen molar-refractivity contribution in [3.63, 3.8) is 0 Å². The molecule has 0 N–H and O–H groups in total. The Morgan fingerprint density at radius 1 is 0.852 bits per heavy atom. The molecule has 0 fully saturated rings. The Balaban J connectivity index is 5.79. The molecule has 1 heteroatoms. The Morgan fingerprint density at radius 2 is 1.44 bits per heavy atom. The van der Waals surface area contributed by atoms with Gasteiger partial charge in [-0.15, -0.1) is 0 Å². The molecule has 0 aromatic heterocycles. The lowest BCUT2D eigenvalue weighted by Crippen LogP contribution is -2.29. The first-order valence-electron chi connectivity index (χ1n) is 9.62. The van der Waals surface area contributed by atoms with Crippen LogP contribution in [0.25, 0.3) is 0 Å². The number of hydrogen-bond donors (Lipinski definition) is 0. The molecule has 0 aliphatic heterocycles. The van der Waals surface area contributed by atoms with E-state index in [-0.39, 0.29) is 5.41 Å². The molecule has 0 radical (unpaired) electrons. The fourth-order valence-corrected chi connectivity index (χ4v) is 2.24. The van der Waals surface area contributed by atoms with Crippen molar-refractivity contribution in [3.05, 3.63) is 97.4 Å². The molecule has 0 aliphatic carbocycles. The predicted octanol–water partition coefficient (Wildman–Crippen LogP) is 8.03. The molecule has 148 valence electrons. The molecule has 0 heterocycles. The van der Waals surface area contributed by atoms with Crippen LogP contribution >= 0.6 is 0 Å². The molecule has 0 amide bonds. The van der Waals surface area contributed by atoms with Gasteiger partial charge in [-0.3, -0.25) is 0 Å². The third-order valence-electron chi connectivity index (χ3n) is 4.96. The van der Waals surface area contributed by atoms with Crippen molar-refractivity contribution in [2.24, 2.45) is 5.41 Å². The highest BCUT2D eigenvalue weighted by molar-refractivity contribution is 5.36. The molecule has 0 rings (SSSR count).